The third-order valence-electron chi connectivity index (χ3n) is 3.03. The Hall–Kier alpha value is -1.46. The highest BCUT2D eigenvalue weighted by Gasteiger charge is 2.28. The van der Waals surface area contributed by atoms with Gasteiger partial charge in [0, 0.05) is 19.7 Å². The van der Waals surface area contributed by atoms with E-state index in [9.17, 15) is 4.79 Å². The lowest BCUT2D eigenvalue weighted by molar-refractivity contribution is 0.0169. The smallest absolute Gasteiger partial charge is 0.354 e. The minimum Gasteiger partial charge on any atom is -0.477 e. The largest absolute Gasteiger partial charge is 0.477 e. The molecule has 1 fully saturated rings. The third kappa shape index (κ3) is 3.01. The second-order valence-corrected chi connectivity index (χ2v) is 4.23. The van der Waals surface area contributed by atoms with Gasteiger partial charge in [-0.3, -0.25) is 0 Å². The second kappa shape index (κ2) is 5.25. The van der Waals surface area contributed by atoms with E-state index in [1.807, 2.05) is 6.07 Å². The van der Waals surface area contributed by atoms with Gasteiger partial charge >= 0.3 is 5.97 Å². The van der Waals surface area contributed by atoms with E-state index in [2.05, 4.69) is 10.3 Å². The molecule has 0 bridgehead atoms. The maximum Gasteiger partial charge on any atom is 0.354 e. The monoisotopic (exact) mass is 236 g/mol. The number of aromatic carboxylic acids is 1. The minimum atomic E-state index is -0.991. The summed E-state index contributed by atoms with van der Waals surface area (Å²) in [5.41, 5.74) is 0.846. The molecule has 1 saturated carbocycles. The molecule has 1 heterocycles. The van der Waals surface area contributed by atoms with Crippen molar-refractivity contribution < 1.29 is 14.6 Å². The molecular weight excluding hydrogens is 220 g/mol. The van der Waals surface area contributed by atoms with Crippen molar-refractivity contribution in [2.24, 2.45) is 0 Å². The van der Waals surface area contributed by atoms with Gasteiger partial charge in [-0.15, -0.1) is 0 Å². The first kappa shape index (κ1) is 12.0. The summed E-state index contributed by atoms with van der Waals surface area (Å²) in [7, 11) is 1.72. The molecule has 2 rings (SSSR count). The molecule has 5 heteroatoms. The van der Waals surface area contributed by atoms with Crippen molar-refractivity contribution >= 4 is 5.97 Å². The van der Waals surface area contributed by atoms with Gasteiger partial charge in [0.15, 0.2) is 0 Å². The van der Waals surface area contributed by atoms with Crippen LogP contribution in [0.4, 0.5) is 0 Å². The highest BCUT2D eigenvalue weighted by atomic mass is 16.5. The number of pyridine rings is 1. The maximum atomic E-state index is 10.7. The van der Waals surface area contributed by atoms with E-state index >= 15 is 0 Å². The Labute approximate surface area is 99.8 Å². The molecule has 1 aliphatic rings. The van der Waals surface area contributed by atoms with Crippen LogP contribution in [-0.2, 0) is 11.3 Å². The minimum absolute atomic E-state index is 0.0904. The van der Waals surface area contributed by atoms with E-state index in [0.717, 1.165) is 18.5 Å². The fraction of sp³-hybridized carbons (Fsp3) is 0.500. The van der Waals surface area contributed by atoms with E-state index in [4.69, 9.17) is 9.84 Å². The van der Waals surface area contributed by atoms with Crippen LogP contribution in [0.15, 0.2) is 18.2 Å². The molecule has 5 nitrogen and oxygen atoms in total. The number of methoxy groups -OCH3 is 1. The van der Waals surface area contributed by atoms with Gasteiger partial charge in [0.05, 0.1) is 11.8 Å². The average molecular weight is 236 g/mol. The van der Waals surface area contributed by atoms with E-state index in [1.165, 1.54) is 6.07 Å². The SMILES string of the molecule is COC1CC(NCc2cccc(C(=O)O)n2)C1. The van der Waals surface area contributed by atoms with Crippen LogP contribution in [0.2, 0.25) is 0 Å². The van der Waals surface area contributed by atoms with Gasteiger partial charge in [0.1, 0.15) is 5.69 Å². The number of nitrogens with zero attached hydrogens (tertiary/aromatic N) is 1. The summed E-state index contributed by atoms with van der Waals surface area (Å²) in [5.74, 6) is -0.991. The molecule has 0 aliphatic heterocycles. The molecule has 17 heavy (non-hydrogen) atoms. The van der Waals surface area contributed by atoms with Gasteiger partial charge in [-0.05, 0) is 25.0 Å². The first-order valence-electron chi connectivity index (χ1n) is 5.64. The molecule has 0 amide bonds. The summed E-state index contributed by atoms with van der Waals surface area (Å²) in [5, 5.41) is 12.1. The summed E-state index contributed by atoms with van der Waals surface area (Å²) in [6.45, 7) is 0.599. The number of carbonyl (C=O) groups is 1. The molecule has 0 spiro atoms. The quantitative estimate of drug-likeness (QED) is 0.799. The summed E-state index contributed by atoms with van der Waals surface area (Å²) in [6, 6.07) is 5.49. The third-order valence-corrected chi connectivity index (χ3v) is 3.03. The standard InChI is InChI=1S/C12H16N2O3/c1-17-10-5-9(6-10)13-7-8-3-2-4-11(14-8)12(15)16/h2-4,9-10,13H,5-7H2,1H3,(H,15,16). The van der Waals surface area contributed by atoms with Crippen molar-refractivity contribution in [3.63, 3.8) is 0 Å². The van der Waals surface area contributed by atoms with Crippen LogP contribution in [0.1, 0.15) is 29.0 Å². The number of hydrogen-bond donors (Lipinski definition) is 2. The van der Waals surface area contributed by atoms with E-state index in [-0.39, 0.29) is 5.69 Å². The first-order valence-corrected chi connectivity index (χ1v) is 5.64. The van der Waals surface area contributed by atoms with E-state index in [1.54, 1.807) is 13.2 Å². The summed E-state index contributed by atoms with van der Waals surface area (Å²) < 4.78 is 5.19. The van der Waals surface area contributed by atoms with Crippen LogP contribution in [0.25, 0.3) is 0 Å². The van der Waals surface area contributed by atoms with Crippen LogP contribution in [-0.4, -0.2) is 35.3 Å². The van der Waals surface area contributed by atoms with Crippen molar-refractivity contribution in [1.29, 1.82) is 0 Å². The number of aromatic nitrogens is 1. The van der Waals surface area contributed by atoms with Crippen molar-refractivity contribution in [2.45, 2.75) is 31.5 Å². The number of nitrogens with one attached hydrogen (secondary N) is 1. The Balaban J connectivity index is 1.83. The van der Waals surface area contributed by atoms with Crippen molar-refractivity contribution in [2.75, 3.05) is 7.11 Å². The maximum absolute atomic E-state index is 10.7. The average Bonchev–Trinajstić information content (AvgIpc) is 2.27. The number of carboxylic acids is 1. The molecule has 1 aromatic heterocycles. The Morgan fingerprint density at radius 1 is 1.59 bits per heavy atom. The zero-order valence-electron chi connectivity index (χ0n) is 9.72. The number of rotatable bonds is 5. The van der Waals surface area contributed by atoms with Crippen LogP contribution in [0, 0.1) is 0 Å². The van der Waals surface area contributed by atoms with Gasteiger partial charge in [-0.25, -0.2) is 9.78 Å². The van der Waals surface area contributed by atoms with Crippen LogP contribution in [0.5, 0.6) is 0 Å². The summed E-state index contributed by atoms with van der Waals surface area (Å²) in [6.07, 6.45) is 2.38. The predicted molar refractivity (Wildman–Crippen MR) is 61.9 cm³/mol. The Kier molecular flexibility index (Phi) is 3.71. The topological polar surface area (TPSA) is 71.5 Å². The fourth-order valence-electron chi connectivity index (χ4n) is 1.87. The first-order chi connectivity index (χ1) is 8.19. The zero-order chi connectivity index (χ0) is 12.3. The molecule has 0 saturated heterocycles. The zero-order valence-corrected chi connectivity index (χ0v) is 9.72. The summed E-state index contributed by atoms with van der Waals surface area (Å²) >= 11 is 0. The van der Waals surface area contributed by atoms with Gasteiger partial charge < -0.3 is 15.2 Å². The highest BCUT2D eigenvalue weighted by Crippen LogP contribution is 2.22. The molecule has 0 unspecified atom stereocenters. The lowest BCUT2D eigenvalue weighted by Gasteiger charge is -2.34. The lowest BCUT2D eigenvalue weighted by Crippen LogP contribution is -2.44. The Bertz CT molecular complexity index is 402. The predicted octanol–water partition coefficient (Wildman–Crippen LogP) is 1.05. The van der Waals surface area contributed by atoms with Crippen molar-refractivity contribution in [1.82, 2.24) is 10.3 Å². The molecule has 1 aliphatic carbocycles. The molecule has 0 aromatic carbocycles. The molecule has 0 atom stereocenters. The van der Waals surface area contributed by atoms with Crippen molar-refractivity contribution in [3.8, 4) is 0 Å². The molecule has 2 N–H and O–H groups in total. The fourth-order valence-corrected chi connectivity index (χ4v) is 1.87. The lowest BCUT2D eigenvalue weighted by atomic mass is 9.89. The normalized spacial score (nSPS) is 23.1. The molecular formula is C12H16N2O3. The van der Waals surface area contributed by atoms with Crippen LogP contribution in [0.3, 0.4) is 0 Å². The van der Waals surface area contributed by atoms with Gasteiger partial charge in [-0.2, -0.15) is 0 Å². The van der Waals surface area contributed by atoms with Crippen LogP contribution < -0.4 is 5.32 Å². The molecule has 92 valence electrons. The Morgan fingerprint density at radius 2 is 2.35 bits per heavy atom. The van der Waals surface area contributed by atoms with Crippen molar-refractivity contribution in [3.05, 3.63) is 29.6 Å². The second-order valence-electron chi connectivity index (χ2n) is 4.23. The Morgan fingerprint density at radius 3 is 3.00 bits per heavy atom. The van der Waals surface area contributed by atoms with E-state index < -0.39 is 5.97 Å². The molecule has 0 radical (unpaired) electrons. The van der Waals surface area contributed by atoms with Gasteiger partial charge in [-0.1, -0.05) is 6.07 Å². The summed E-state index contributed by atoms with van der Waals surface area (Å²) in [4.78, 5) is 14.8. The number of hydrogen-bond acceptors (Lipinski definition) is 4. The molecule has 1 aromatic rings. The van der Waals surface area contributed by atoms with Gasteiger partial charge in [0.25, 0.3) is 0 Å². The van der Waals surface area contributed by atoms with E-state index in [0.29, 0.717) is 18.7 Å². The number of ether oxygens (including phenoxy) is 1. The van der Waals surface area contributed by atoms with Gasteiger partial charge in [0.2, 0.25) is 0 Å². The van der Waals surface area contributed by atoms with Crippen LogP contribution >= 0.6 is 0 Å². The highest BCUT2D eigenvalue weighted by molar-refractivity contribution is 5.85. The number of carboxylic acid groups (broad SMARTS) is 1.